The molecule has 1 aromatic carbocycles. The maximum Gasteiger partial charge on any atom is 0.245 e. The summed E-state index contributed by atoms with van der Waals surface area (Å²) in [5, 5.41) is 0. The van der Waals surface area contributed by atoms with Gasteiger partial charge in [0, 0.05) is 18.5 Å². The van der Waals surface area contributed by atoms with Gasteiger partial charge in [-0.1, -0.05) is 0 Å². The van der Waals surface area contributed by atoms with E-state index < -0.39 is 15.6 Å². The van der Waals surface area contributed by atoms with Crippen molar-refractivity contribution < 1.29 is 17.9 Å². The van der Waals surface area contributed by atoms with E-state index in [-0.39, 0.29) is 10.6 Å². The van der Waals surface area contributed by atoms with Crippen LogP contribution in [0.15, 0.2) is 47.6 Å². The minimum atomic E-state index is -3.82. The van der Waals surface area contributed by atoms with Gasteiger partial charge in [0.05, 0.1) is 19.8 Å². The average molecular weight is 336 g/mol. The van der Waals surface area contributed by atoms with E-state index in [2.05, 4.69) is 9.71 Å². The predicted molar refractivity (Wildman–Crippen MR) is 87.1 cm³/mol. The highest BCUT2D eigenvalue weighted by Gasteiger charge is 2.30. The highest BCUT2D eigenvalue weighted by molar-refractivity contribution is 7.89. The molecule has 0 amide bonds. The number of rotatable bonds is 6. The van der Waals surface area contributed by atoms with Gasteiger partial charge in [0.25, 0.3) is 0 Å². The molecule has 6 nitrogen and oxygen atoms in total. The zero-order chi connectivity index (χ0) is 17.1. The Kier molecular flexibility index (Phi) is 4.91. The zero-order valence-electron chi connectivity index (χ0n) is 13.5. The van der Waals surface area contributed by atoms with Gasteiger partial charge in [-0.15, -0.1) is 0 Å². The summed E-state index contributed by atoms with van der Waals surface area (Å²) in [6.45, 7) is 3.57. The number of benzene rings is 1. The monoisotopic (exact) mass is 336 g/mol. The van der Waals surface area contributed by atoms with Crippen LogP contribution in [0.2, 0.25) is 0 Å². The molecule has 0 radical (unpaired) electrons. The van der Waals surface area contributed by atoms with Crippen LogP contribution in [0.25, 0.3) is 0 Å². The second-order valence-electron chi connectivity index (χ2n) is 5.48. The lowest BCUT2D eigenvalue weighted by molar-refractivity contribution is 0.390. The van der Waals surface area contributed by atoms with Crippen molar-refractivity contribution >= 4 is 10.0 Å². The summed E-state index contributed by atoms with van der Waals surface area (Å²) in [5.41, 5.74) is -0.00602. The van der Waals surface area contributed by atoms with Gasteiger partial charge in [0.2, 0.25) is 10.0 Å². The summed E-state index contributed by atoms with van der Waals surface area (Å²) >= 11 is 0. The number of ether oxygens (including phenoxy) is 2. The van der Waals surface area contributed by atoms with Gasteiger partial charge >= 0.3 is 0 Å². The van der Waals surface area contributed by atoms with Crippen molar-refractivity contribution in [1.82, 2.24) is 9.71 Å². The summed E-state index contributed by atoms with van der Waals surface area (Å²) in [5.74, 6) is 0.691. The molecule has 0 fully saturated rings. The highest BCUT2D eigenvalue weighted by Crippen LogP contribution is 2.30. The number of hydrogen-bond donors (Lipinski definition) is 1. The molecule has 2 rings (SSSR count). The van der Waals surface area contributed by atoms with E-state index >= 15 is 0 Å². The molecule has 0 aliphatic heterocycles. The minimum absolute atomic E-state index is 0.0291. The third-order valence-electron chi connectivity index (χ3n) is 3.45. The fraction of sp³-hybridized carbons (Fsp3) is 0.312. The molecule has 0 atom stereocenters. The SMILES string of the molecule is COc1ccc(OC)c(S(=O)(=O)NC(C)(C)c2ccncc2)c1. The van der Waals surface area contributed by atoms with Crippen LogP contribution < -0.4 is 14.2 Å². The zero-order valence-corrected chi connectivity index (χ0v) is 14.3. The van der Waals surface area contributed by atoms with Gasteiger partial charge in [-0.2, -0.15) is 0 Å². The minimum Gasteiger partial charge on any atom is -0.497 e. The van der Waals surface area contributed by atoms with E-state index in [9.17, 15) is 8.42 Å². The van der Waals surface area contributed by atoms with Crippen LogP contribution in [-0.4, -0.2) is 27.6 Å². The number of hydrogen-bond acceptors (Lipinski definition) is 5. The lowest BCUT2D eigenvalue weighted by Gasteiger charge is -2.27. The summed E-state index contributed by atoms with van der Waals surface area (Å²) in [6, 6.07) is 8.18. The molecule has 2 aromatic rings. The van der Waals surface area contributed by atoms with Gasteiger partial charge in [-0.05, 0) is 43.7 Å². The van der Waals surface area contributed by atoms with Gasteiger partial charge in [-0.3, -0.25) is 4.98 Å². The first kappa shape index (κ1) is 17.2. The number of nitrogens with zero attached hydrogens (tertiary/aromatic N) is 1. The molecule has 1 N–H and O–H groups in total. The van der Waals surface area contributed by atoms with Crippen molar-refractivity contribution in [3.8, 4) is 11.5 Å². The van der Waals surface area contributed by atoms with E-state index in [4.69, 9.17) is 9.47 Å². The quantitative estimate of drug-likeness (QED) is 0.876. The van der Waals surface area contributed by atoms with Crippen LogP contribution in [0.4, 0.5) is 0 Å². The van der Waals surface area contributed by atoms with E-state index in [1.807, 2.05) is 0 Å². The van der Waals surface area contributed by atoms with Crippen LogP contribution >= 0.6 is 0 Å². The van der Waals surface area contributed by atoms with Crippen molar-refractivity contribution in [2.45, 2.75) is 24.3 Å². The van der Waals surface area contributed by atoms with Crippen LogP contribution in [-0.2, 0) is 15.6 Å². The van der Waals surface area contributed by atoms with Gasteiger partial charge in [0.1, 0.15) is 16.4 Å². The van der Waals surface area contributed by atoms with E-state index in [0.29, 0.717) is 5.75 Å². The van der Waals surface area contributed by atoms with E-state index in [1.54, 1.807) is 50.5 Å². The van der Waals surface area contributed by atoms with E-state index in [0.717, 1.165) is 5.56 Å². The molecule has 7 heteroatoms. The molecule has 0 bridgehead atoms. The van der Waals surface area contributed by atoms with Crippen LogP contribution in [0, 0.1) is 0 Å². The largest absolute Gasteiger partial charge is 0.497 e. The molecule has 23 heavy (non-hydrogen) atoms. The molecular formula is C16H20N2O4S. The number of sulfonamides is 1. The van der Waals surface area contributed by atoms with E-state index in [1.165, 1.54) is 20.3 Å². The van der Waals surface area contributed by atoms with Crippen LogP contribution in [0.1, 0.15) is 19.4 Å². The Bertz CT molecular complexity index is 774. The Morgan fingerprint density at radius 1 is 1.04 bits per heavy atom. The first-order chi connectivity index (χ1) is 10.8. The summed E-state index contributed by atoms with van der Waals surface area (Å²) < 4.78 is 38.6. The molecule has 1 heterocycles. The van der Waals surface area contributed by atoms with Crippen molar-refractivity contribution in [1.29, 1.82) is 0 Å². The lowest BCUT2D eigenvalue weighted by atomic mass is 9.97. The fourth-order valence-corrected chi connectivity index (χ4v) is 3.80. The highest BCUT2D eigenvalue weighted by atomic mass is 32.2. The number of aromatic nitrogens is 1. The molecule has 0 aliphatic rings. The summed E-state index contributed by atoms with van der Waals surface area (Å²) in [4.78, 5) is 3.98. The molecular weight excluding hydrogens is 316 g/mol. The number of methoxy groups -OCH3 is 2. The number of pyridine rings is 1. The van der Waals surface area contributed by atoms with Crippen molar-refractivity contribution in [2.24, 2.45) is 0 Å². The third-order valence-corrected chi connectivity index (χ3v) is 5.13. The Labute approximate surface area is 136 Å². The van der Waals surface area contributed by atoms with Gasteiger partial charge < -0.3 is 9.47 Å². The van der Waals surface area contributed by atoms with Crippen LogP contribution in [0.5, 0.6) is 11.5 Å². The Morgan fingerprint density at radius 3 is 2.26 bits per heavy atom. The standard InChI is InChI=1S/C16H20N2O4S/c1-16(2,12-7-9-17-10-8-12)18-23(19,20)15-11-13(21-3)5-6-14(15)22-4/h5-11,18H,1-4H3. The van der Waals surface area contributed by atoms with Crippen molar-refractivity contribution in [3.63, 3.8) is 0 Å². The smallest absolute Gasteiger partial charge is 0.245 e. The second-order valence-corrected chi connectivity index (χ2v) is 7.13. The topological polar surface area (TPSA) is 77.5 Å². The molecule has 0 aliphatic carbocycles. The van der Waals surface area contributed by atoms with Gasteiger partial charge in [0.15, 0.2) is 0 Å². The summed E-state index contributed by atoms with van der Waals surface area (Å²) in [7, 11) is -0.913. The Balaban J connectivity index is 2.43. The fourth-order valence-electron chi connectivity index (χ4n) is 2.21. The normalized spacial score (nSPS) is 12.0. The molecule has 0 spiro atoms. The number of nitrogens with one attached hydrogen (secondary N) is 1. The maximum atomic E-state index is 12.8. The molecule has 1 aromatic heterocycles. The molecule has 0 saturated carbocycles. The molecule has 0 saturated heterocycles. The van der Waals surface area contributed by atoms with Crippen molar-refractivity contribution in [3.05, 3.63) is 48.3 Å². The summed E-state index contributed by atoms with van der Waals surface area (Å²) in [6.07, 6.45) is 3.25. The van der Waals surface area contributed by atoms with Crippen molar-refractivity contribution in [2.75, 3.05) is 14.2 Å². The van der Waals surface area contributed by atoms with Crippen LogP contribution in [0.3, 0.4) is 0 Å². The second kappa shape index (κ2) is 6.55. The third kappa shape index (κ3) is 3.80. The first-order valence-corrected chi connectivity index (χ1v) is 8.45. The predicted octanol–water partition coefficient (Wildman–Crippen LogP) is 2.31. The first-order valence-electron chi connectivity index (χ1n) is 6.96. The lowest BCUT2D eigenvalue weighted by Crippen LogP contribution is -2.41. The maximum absolute atomic E-state index is 12.8. The average Bonchev–Trinajstić information content (AvgIpc) is 2.54. The molecule has 0 unspecified atom stereocenters. The Morgan fingerprint density at radius 2 is 1.70 bits per heavy atom. The van der Waals surface area contributed by atoms with Gasteiger partial charge in [-0.25, -0.2) is 13.1 Å². The molecule has 124 valence electrons. The Hall–Kier alpha value is -2.12.